The van der Waals surface area contributed by atoms with Gasteiger partial charge in [0, 0.05) is 56.3 Å². The molecule has 3 aromatic heterocycles. The second-order valence-electron chi connectivity index (χ2n) is 6.89. The standard InChI is InChI=1S/C19H20FN5O2S/c1-11-7-14(27-17-4-3-13-8-21-6-5-15(13)23-17)9-25(11)10-16-18(20)24-19(28-16)22-12(2)26/h3-6,8,11,14H,7,9-10H2,1-2H3,(H,22,24,26)/t11-,14?/m0/s1. The van der Waals surface area contributed by atoms with Gasteiger partial charge in [0.2, 0.25) is 17.7 Å². The van der Waals surface area contributed by atoms with Crippen molar-refractivity contribution in [3.05, 3.63) is 41.4 Å². The van der Waals surface area contributed by atoms with Gasteiger partial charge in [-0.3, -0.25) is 14.7 Å². The molecule has 0 bridgehead atoms. The van der Waals surface area contributed by atoms with Crippen LogP contribution in [0.2, 0.25) is 0 Å². The van der Waals surface area contributed by atoms with Gasteiger partial charge in [-0.1, -0.05) is 11.3 Å². The lowest BCUT2D eigenvalue weighted by atomic mass is 10.2. The smallest absolute Gasteiger partial charge is 0.230 e. The lowest BCUT2D eigenvalue weighted by Gasteiger charge is -2.19. The van der Waals surface area contributed by atoms with Gasteiger partial charge in [0.1, 0.15) is 6.10 Å². The Bertz CT molecular complexity index is 1010. The molecule has 1 aliphatic heterocycles. The largest absolute Gasteiger partial charge is 0.473 e. The highest BCUT2D eigenvalue weighted by Gasteiger charge is 2.32. The first-order valence-corrected chi connectivity index (χ1v) is 9.84. The van der Waals surface area contributed by atoms with E-state index in [0.29, 0.717) is 23.8 Å². The molecule has 0 aliphatic carbocycles. The number of fused-ring (bicyclic) bond motifs is 1. The average Bonchev–Trinajstić information content (AvgIpc) is 3.16. The predicted molar refractivity (Wildman–Crippen MR) is 105 cm³/mol. The number of likely N-dealkylation sites (tertiary alicyclic amines) is 1. The van der Waals surface area contributed by atoms with Crippen LogP contribution in [0.3, 0.4) is 0 Å². The molecule has 1 amide bonds. The molecule has 9 heteroatoms. The molecule has 0 aromatic carbocycles. The van der Waals surface area contributed by atoms with E-state index in [9.17, 15) is 9.18 Å². The number of nitrogens with zero attached hydrogens (tertiary/aromatic N) is 4. The molecule has 1 fully saturated rings. The van der Waals surface area contributed by atoms with E-state index < -0.39 is 5.95 Å². The number of halogens is 1. The number of rotatable bonds is 5. The lowest BCUT2D eigenvalue weighted by molar-refractivity contribution is -0.114. The highest BCUT2D eigenvalue weighted by atomic mass is 32.1. The number of ether oxygens (including phenoxy) is 1. The third kappa shape index (κ3) is 4.10. The summed E-state index contributed by atoms with van der Waals surface area (Å²) in [6, 6.07) is 5.88. The third-order valence-electron chi connectivity index (χ3n) is 4.70. The van der Waals surface area contributed by atoms with Gasteiger partial charge in [-0.15, -0.1) is 0 Å². The SMILES string of the molecule is CC(=O)Nc1nc(F)c(CN2CC(Oc3ccc4cnccc4n3)C[C@@H]2C)s1. The summed E-state index contributed by atoms with van der Waals surface area (Å²) in [6.07, 6.45) is 4.28. The van der Waals surface area contributed by atoms with E-state index in [0.717, 1.165) is 28.7 Å². The summed E-state index contributed by atoms with van der Waals surface area (Å²) in [4.78, 5) is 26.2. The molecule has 0 radical (unpaired) electrons. The molecule has 1 N–H and O–H groups in total. The maximum atomic E-state index is 14.1. The normalized spacial score (nSPS) is 19.8. The Morgan fingerprint density at radius 3 is 3.07 bits per heavy atom. The van der Waals surface area contributed by atoms with Crippen molar-refractivity contribution in [1.82, 2.24) is 19.9 Å². The van der Waals surface area contributed by atoms with Crippen molar-refractivity contribution >= 4 is 33.3 Å². The molecule has 1 saturated heterocycles. The molecule has 4 heterocycles. The van der Waals surface area contributed by atoms with Crippen LogP contribution in [0.1, 0.15) is 25.1 Å². The Hall–Kier alpha value is -2.65. The summed E-state index contributed by atoms with van der Waals surface area (Å²) >= 11 is 1.16. The lowest BCUT2D eigenvalue weighted by Crippen LogP contribution is -2.28. The molecular weight excluding hydrogens is 381 g/mol. The van der Waals surface area contributed by atoms with Crippen molar-refractivity contribution in [2.24, 2.45) is 0 Å². The Morgan fingerprint density at radius 1 is 1.39 bits per heavy atom. The number of hydrogen-bond acceptors (Lipinski definition) is 7. The number of thiazole rings is 1. The van der Waals surface area contributed by atoms with Crippen LogP contribution in [0, 0.1) is 5.95 Å². The molecule has 2 atom stereocenters. The van der Waals surface area contributed by atoms with E-state index in [1.54, 1.807) is 12.4 Å². The first kappa shape index (κ1) is 18.7. The summed E-state index contributed by atoms with van der Waals surface area (Å²) in [5.74, 6) is -0.216. The van der Waals surface area contributed by atoms with Gasteiger partial charge in [-0.25, -0.2) is 4.98 Å². The summed E-state index contributed by atoms with van der Waals surface area (Å²) in [7, 11) is 0. The Kier molecular flexibility index (Phi) is 5.19. The molecule has 7 nitrogen and oxygen atoms in total. The molecule has 1 unspecified atom stereocenters. The maximum Gasteiger partial charge on any atom is 0.230 e. The van der Waals surface area contributed by atoms with Crippen LogP contribution in [0.25, 0.3) is 10.9 Å². The number of amides is 1. The third-order valence-corrected chi connectivity index (χ3v) is 5.63. The second-order valence-corrected chi connectivity index (χ2v) is 7.97. The zero-order chi connectivity index (χ0) is 19.7. The average molecular weight is 401 g/mol. The summed E-state index contributed by atoms with van der Waals surface area (Å²) in [6.45, 7) is 4.57. The van der Waals surface area contributed by atoms with Crippen LogP contribution in [0.15, 0.2) is 30.6 Å². The Balaban J connectivity index is 1.41. The fraction of sp³-hybridized carbons (Fsp3) is 0.368. The maximum absolute atomic E-state index is 14.1. The predicted octanol–water partition coefficient (Wildman–Crippen LogP) is 3.23. The van der Waals surface area contributed by atoms with E-state index >= 15 is 0 Å². The zero-order valence-electron chi connectivity index (χ0n) is 15.6. The fourth-order valence-electron chi connectivity index (χ4n) is 3.35. The topological polar surface area (TPSA) is 80.2 Å². The number of carbonyl (C=O) groups is 1. The highest BCUT2D eigenvalue weighted by Crippen LogP contribution is 2.28. The van der Waals surface area contributed by atoms with Gasteiger partial charge in [-0.2, -0.15) is 9.37 Å². The van der Waals surface area contributed by atoms with Crippen LogP contribution in [0.4, 0.5) is 9.52 Å². The number of hydrogen-bond donors (Lipinski definition) is 1. The van der Waals surface area contributed by atoms with Crippen LogP contribution in [-0.4, -0.2) is 44.4 Å². The number of nitrogens with one attached hydrogen (secondary N) is 1. The van der Waals surface area contributed by atoms with Gasteiger partial charge in [0.05, 0.1) is 10.4 Å². The van der Waals surface area contributed by atoms with Crippen LogP contribution < -0.4 is 10.1 Å². The summed E-state index contributed by atoms with van der Waals surface area (Å²) in [5, 5.41) is 3.78. The minimum absolute atomic E-state index is 0.0208. The van der Waals surface area contributed by atoms with Gasteiger partial charge in [0.25, 0.3) is 0 Å². The van der Waals surface area contributed by atoms with E-state index in [1.165, 1.54) is 6.92 Å². The first-order valence-electron chi connectivity index (χ1n) is 9.02. The molecule has 0 saturated carbocycles. The molecular formula is C19H20FN5O2S. The van der Waals surface area contributed by atoms with Crippen molar-refractivity contribution in [2.45, 2.75) is 39.0 Å². The second kappa shape index (κ2) is 7.76. The zero-order valence-corrected chi connectivity index (χ0v) is 16.4. The Morgan fingerprint density at radius 2 is 2.25 bits per heavy atom. The van der Waals surface area contributed by atoms with Crippen LogP contribution in [-0.2, 0) is 11.3 Å². The van der Waals surface area contributed by atoms with E-state index in [2.05, 4.69) is 32.1 Å². The molecule has 1 aliphatic rings. The number of aromatic nitrogens is 3. The summed E-state index contributed by atoms with van der Waals surface area (Å²) < 4.78 is 20.2. The van der Waals surface area contributed by atoms with Crippen molar-refractivity contribution in [3.8, 4) is 5.88 Å². The van der Waals surface area contributed by atoms with Crippen molar-refractivity contribution in [1.29, 1.82) is 0 Å². The fourth-order valence-corrected chi connectivity index (χ4v) is 4.27. The van der Waals surface area contributed by atoms with Gasteiger partial charge in [-0.05, 0) is 19.1 Å². The molecule has 4 rings (SSSR count). The molecule has 0 spiro atoms. The van der Waals surface area contributed by atoms with E-state index in [-0.39, 0.29) is 23.2 Å². The first-order chi connectivity index (χ1) is 13.5. The van der Waals surface area contributed by atoms with Crippen molar-refractivity contribution < 1.29 is 13.9 Å². The van der Waals surface area contributed by atoms with Crippen LogP contribution >= 0.6 is 11.3 Å². The minimum Gasteiger partial charge on any atom is -0.473 e. The molecule has 28 heavy (non-hydrogen) atoms. The van der Waals surface area contributed by atoms with Crippen molar-refractivity contribution in [2.75, 3.05) is 11.9 Å². The van der Waals surface area contributed by atoms with Gasteiger partial charge in [0.15, 0.2) is 5.13 Å². The number of pyridine rings is 2. The Labute approximate surface area is 165 Å². The van der Waals surface area contributed by atoms with Crippen molar-refractivity contribution in [3.63, 3.8) is 0 Å². The van der Waals surface area contributed by atoms with Gasteiger partial charge < -0.3 is 10.1 Å². The number of anilines is 1. The van der Waals surface area contributed by atoms with Crippen LogP contribution in [0.5, 0.6) is 5.88 Å². The quantitative estimate of drug-likeness (QED) is 0.707. The summed E-state index contributed by atoms with van der Waals surface area (Å²) in [5.41, 5.74) is 0.840. The van der Waals surface area contributed by atoms with Gasteiger partial charge >= 0.3 is 0 Å². The minimum atomic E-state index is -0.532. The molecule has 3 aromatic rings. The molecule has 146 valence electrons. The monoisotopic (exact) mass is 401 g/mol. The highest BCUT2D eigenvalue weighted by molar-refractivity contribution is 7.15. The van der Waals surface area contributed by atoms with E-state index in [1.807, 2.05) is 18.2 Å². The van der Waals surface area contributed by atoms with E-state index in [4.69, 9.17) is 4.74 Å². The number of carbonyl (C=O) groups excluding carboxylic acids is 1.